The molecule has 0 fully saturated rings. The Morgan fingerprint density at radius 3 is 1.96 bits per heavy atom. The summed E-state index contributed by atoms with van der Waals surface area (Å²) < 4.78 is 30.9. The van der Waals surface area contributed by atoms with Gasteiger partial charge in [-0.15, -0.1) is 0 Å². The number of anilines is 1. The van der Waals surface area contributed by atoms with E-state index in [0.717, 1.165) is 27.8 Å². The summed E-state index contributed by atoms with van der Waals surface area (Å²) in [6, 6.07) is 29.5. The second-order valence-corrected chi connectivity index (χ2v) is 16.7. The van der Waals surface area contributed by atoms with Crippen LogP contribution in [0.3, 0.4) is 0 Å². The molecule has 0 saturated carbocycles. The number of hydrogen-bond donors (Lipinski definition) is 3. The normalized spacial score (nSPS) is 13.5. The molecule has 0 bridgehead atoms. The maximum Gasteiger partial charge on any atom is 0.266 e. The zero-order chi connectivity index (χ0) is 36.9. The molecular weight excluding hydrogens is 645 g/mol. The van der Waals surface area contributed by atoms with Crippen LogP contribution in [0.2, 0.25) is 0 Å². The summed E-state index contributed by atoms with van der Waals surface area (Å²) in [5.74, 6) is -1.98. The molecule has 7 nitrogen and oxygen atoms in total. The van der Waals surface area contributed by atoms with Crippen molar-refractivity contribution in [2.45, 2.75) is 72.6 Å². The van der Waals surface area contributed by atoms with Gasteiger partial charge >= 0.3 is 0 Å². The molecule has 4 aromatic rings. The molecule has 0 aliphatic heterocycles. The van der Waals surface area contributed by atoms with Crippen molar-refractivity contribution in [2.24, 2.45) is 5.41 Å². The van der Waals surface area contributed by atoms with E-state index in [4.69, 9.17) is 4.55 Å². The Labute approximate surface area is 298 Å². The molecule has 2 atom stereocenters. The highest BCUT2D eigenvalue weighted by Crippen LogP contribution is 2.35. The van der Waals surface area contributed by atoms with Crippen molar-refractivity contribution in [1.29, 1.82) is 0 Å². The van der Waals surface area contributed by atoms with Crippen LogP contribution in [0.5, 0.6) is 0 Å². The minimum atomic E-state index is -4.18. The van der Waals surface area contributed by atoms with Crippen LogP contribution >= 0.6 is 0 Å². The Kier molecular flexibility index (Phi) is 11.9. The summed E-state index contributed by atoms with van der Waals surface area (Å²) >= 11 is 0. The number of aryl methyl sites for hydroxylation is 1. The minimum absolute atomic E-state index is 0.0410. The second kappa shape index (κ2) is 15.6. The lowest BCUT2D eigenvalue weighted by molar-refractivity contribution is -0.118. The quantitative estimate of drug-likeness (QED) is 0.136. The van der Waals surface area contributed by atoms with Crippen molar-refractivity contribution >= 4 is 33.7 Å². The van der Waals surface area contributed by atoms with Crippen LogP contribution in [0.25, 0.3) is 17.2 Å². The molecule has 8 heteroatoms. The molecule has 0 radical (unpaired) electrons. The zero-order valence-corrected chi connectivity index (χ0v) is 31.2. The van der Waals surface area contributed by atoms with E-state index in [-0.39, 0.29) is 29.2 Å². The topological polar surface area (TPSA) is 113 Å². The monoisotopic (exact) mass is 694 g/mol. The van der Waals surface area contributed by atoms with Crippen molar-refractivity contribution in [3.8, 4) is 11.1 Å². The number of amides is 2. The molecule has 0 spiro atoms. The molecule has 4 rings (SSSR count). The summed E-state index contributed by atoms with van der Waals surface area (Å²) in [5.41, 5.74) is 8.63. The highest BCUT2D eigenvalue weighted by molar-refractivity contribution is 7.85. The van der Waals surface area contributed by atoms with Crippen molar-refractivity contribution in [2.75, 3.05) is 17.6 Å². The largest absolute Gasteiger partial charge is 0.351 e. The fraction of sp³-hybridized carbons (Fsp3) is 0.333. The van der Waals surface area contributed by atoms with Crippen LogP contribution in [0.4, 0.5) is 5.69 Å². The van der Waals surface area contributed by atoms with Crippen LogP contribution < -0.4 is 10.6 Å². The van der Waals surface area contributed by atoms with E-state index in [1.165, 1.54) is 11.1 Å². The summed E-state index contributed by atoms with van der Waals surface area (Å²) in [4.78, 5) is 26.7. The van der Waals surface area contributed by atoms with Crippen molar-refractivity contribution in [1.82, 2.24) is 5.32 Å². The van der Waals surface area contributed by atoms with E-state index in [1.54, 1.807) is 12.1 Å². The highest BCUT2D eigenvalue weighted by Gasteiger charge is 2.29. The number of rotatable bonds is 11. The minimum Gasteiger partial charge on any atom is -0.351 e. The molecule has 0 aromatic heterocycles. The summed E-state index contributed by atoms with van der Waals surface area (Å²) in [7, 11) is -4.18. The first-order chi connectivity index (χ1) is 23.3. The SMILES string of the molecule is Cc1cc(C(C)(C)C)ccc1-c1ccc(NC(=O)C(c2ccc(/C=C/C(C)(C)C)cc2)C(C)c2ccc(C(=O)NCCS(=O)(=O)O)cc2)cc1. The fourth-order valence-electron chi connectivity index (χ4n) is 5.76. The lowest BCUT2D eigenvalue weighted by atomic mass is 9.81. The maximum atomic E-state index is 14.1. The smallest absolute Gasteiger partial charge is 0.266 e. The second-order valence-electron chi connectivity index (χ2n) is 15.1. The Morgan fingerprint density at radius 2 is 1.42 bits per heavy atom. The van der Waals surface area contributed by atoms with E-state index in [2.05, 4.69) is 89.5 Å². The summed E-state index contributed by atoms with van der Waals surface area (Å²) in [6.45, 7) is 17.0. The van der Waals surface area contributed by atoms with Gasteiger partial charge in [0.05, 0.1) is 11.7 Å². The molecular formula is C42H50N2O5S. The molecule has 2 amide bonds. The van der Waals surface area contributed by atoms with Gasteiger partial charge in [0.25, 0.3) is 16.0 Å². The van der Waals surface area contributed by atoms with E-state index < -0.39 is 27.7 Å². The third-order valence-electron chi connectivity index (χ3n) is 8.75. The number of nitrogens with one attached hydrogen (secondary N) is 2. The number of allylic oxidation sites excluding steroid dienone is 1. The molecule has 0 aliphatic rings. The first kappa shape index (κ1) is 38.3. The third-order valence-corrected chi connectivity index (χ3v) is 9.47. The molecule has 0 saturated heterocycles. The Bertz CT molecular complexity index is 1930. The van der Waals surface area contributed by atoms with E-state index in [1.807, 2.05) is 67.6 Å². The van der Waals surface area contributed by atoms with Gasteiger partial charge in [-0.05, 0) is 86.9 Å². The molecule has 0 heterocycles. The molecule has 2 unspecified atom stereocenters. The van der Waals surface area contributed by atoms with E-state index in [0.29, 0.717) is 11.3 Å². The number of hydrogen-bond acceptors (Lipinski definition) is 4. The van der Waals surface area contributed by atoms with Gasteiger partial charge in [0.1, 0.15) is 0 Å². The lowest BCUT2D eigenvalue weighted by Crippen LogP contribution is -2.29. The van der Waals surface area contributed by atoms with Gasteiger partial charge in [0, 0.05) is 17.8 Å². The van der Waals surface area contributed by atoms with Crippen LogP contribution in [0.15, 0.2) is 97.1 Å². The van der Waals surface area contributed by atoms with Crippen LogP contribution in [0, 0.1) is 12.3 Å². The molecule has 4 aromatic carbocycles. The average Bonchev–Trinajstić information content (AvgIpc) is 3.03. The van der Waals surface area contributed by atoms with E-state index in [9.17, 15) is 18.0 Å². The van der Waals surface area contributed by atoms with E-state index >= 15 is 0 Å². The number of carbonyl (C=O) groups excluding carboxylic acids is 2. The molecule has 50 heavy (non-hydrogen) atoms. The van der Waals surface area contributed by atoms with Crippen molar-refractivity contribution in [3.63, 3.8) is 0 Å². The van der Waals surface area contributed by atoms with Crippen LogP contribution in [-0.4, -0.2) is 37.1 Å². The number of benzene rings is 4. The molecule has 3 N–H and O–H groups in total. The van der Waals surface area contributed by atoms with Gasteiger partial charge < -0.3 is 10.6 Å². The van der Waals surface area contributed by atoms with Gasteiger partial charge in [-0.2, -0.15) is 8.42 Å². The molecule has 0 aliphatic carbocycles. The summed E-state index contributed by atoms with van der Waals surface area (Å²) in [5, 5.41) is 5.65. The Balaban J connectivity index is 1.58. The van der Waals surface area contributed by atoms with Gasteiger partial charge in [-0.1, -0.05) is 127 Å². The summed E-state index contributed by atoms with van der Waals surface area (Å²) in [6.07, 6.45) is 4.24. The Morgan fingerprint density at radius 1 is 0.820 bits per heavy atom. The first-order valence-corrected chi connectivity index (χ1v) is 18.6. The highest BCUT2D eigenvalue weighted by atomic mass is 32.2. The van der Waals surface area contributed by atoms with Crippen molar-refractivity contribution in [3.05, 3.63) is 130 Å². The van der Waals surface area contributed by atoms with Gasteiger partial charge in [0.15, 0.2) is 0 Å². The average molecular weight is 695 g/mol. The first-order valence-electron chi connectivity index (χ1n) is 17.0. The van der Waals surface area contributed by atoms with Gasteiger partial charge in [0.2, 0.25) is 5.91 Å². The predicted molar refractivity (Wildman–Crippen MR) is 205 cm³/mol. The zero-order valence-electron chi connectivity index (χ0n) is 30.4. The van der Waals surface area contributed by atoms with Crippen LogP contribution in [-0.2, 0) is 20.3 Å². The Hall–Kier alpha value is -4.53. The molecule has 264 valence electrons. The fourth-order valence-corrected chi connectivity index (χ4v) is 6.12. The predicted octanol–water partition coefficient (Wildman–Crippen LogP) is 9.16. The lowest BCUT2D eigenvalue weighted by Gasteiger charge is -2.25. The van der Waals surface area contributed by atoms with Crippen molar-refractivity contribution < 1.29 is 22.6 Å². The van der Waals surface area contributed by atoms with Gasteiger partial charge in [-0.25, -0.2) is 0 Å². The number of carbonyl (C=O) groups is 2. The maximum absolute atomic E-state index is 14.1. The standard InChI is InChI=1S/C42H50N2O5S/c1-28-27-35(42(6,7)8)19-22-37(28)32-17-20-36(21-18-32)44-40(46)38(33-11-9-30(10-12-33)23-24-41(3,4)5)29(2)31-13-15-34(16-14-31)39(45)43-25-26-50(47,48)49/h9-24,27,29,38H,25-26H2,1-8H3,(H,43,45)(H,44,46)(H,47,48,49)/b24-23+. The van der Waals surface area contributed by atoms with Gasteiger partial charge in [-0.3, -0.25) is 14.1 Å². The third kappa shape index (κ3) is 10.7. The van der Waals surface area contributed by atoms with Crippen LogP contribution in [0.1, 0.15) is 98.5 Å².